The predicted octanol–water partition coefficient (Wildman–Crippen LogP) is 4.71. The maximum atomic E-state index is 13.8. The Bertz CT molecular complexity index is 1340. The van der Waals surface area contributed by atoms with Gasteiger partial charge in [0.1, 0.15) is 12.6 Å². The maximum absolute atomic E-state index is 13.8. The molecule has 3 aromatic rings. The first kappa shape index (κ1) is 28.2. The lowest BCUT2D eigenvalue weighted by atomic mass is 10.1. The average molecular weight is 542 g/mol. The molecular weight excluding hydrogens is 510 g/mol. The van der Waals surface area contributed by atoms with Gasteiger partial charge in [-0.15, -0.1) is 0 Å². The molecule has 2 amide bonds. The number of halogens is 1. The molecule has 9 heteroatoms. The van der Waals surface area contributed by atoms with Gasteiger partial charge < -0.3 is 10.2 Å². The summed E-state index contributed by atoms with van der Waals surface area (Å²) in [4.78, 5) is 28.0. The number of rotatable bonds is 10. The molecular formula is C28H32ClN3O4S. The normalized spacial score (nSPS) is 12.0. The zero-order chi connectivity index (χ0) is 27.2. The summed E-state index contributed by atoms with van der Waals surface area (Å²) in [7, 11) is -4.12. The van der Waals surface area contributed by atoms with E-state index in [1.807, 2.05) is 38.1 Å². The maximum Gasteiger partial charge on any atom is 0.264 e. The van der Waals surface area contributed by atoms with Crippen molar-refractivity contribution in [2.75, 3.05) is 17.4 Å². The molecule has 0 aliphatic carbocycles. The smallest absolute Gasteiger partial charge is 0.264 e. The minimum Gasteiger partial charge on any atom is -0.355 e. The molecule has 0 saturated heterocycles. The van der Waals surface area contributed by atoms with Gasteiger partial charge >= 0.3 is 0 Å². The molecule has 0 spiro atoms. The predicted molar refractivity (Wildman–Crippen MR) is 147 cm³/mol. The van der Waals surface area contributed by atoms with Gasteiger partial charge in [0.25, 0.3) is 10.0 Å². The zero-order valence-electron chi connectivity index (χ0n) is 21.4. The van der Waals surface area contributed by atoms with Crippen LogP contribution < -0.4 is 9.62 Å². The number of hydrogen-bond acceptors (Lipinski definition) is 4. The van der Waals surface area contributed by atoms with Crippen molar-refractivity contribution in [1.82, 2.24) is 10.2 Å². The fourth-order valence-electron chi connectivity index (χ4n) is 3.79. The van der Waals surface area contributed by atoms with Crippen LogP contribution in [0.2, 0.25) is 5.02 Å². The SMILES string of the molecule is CCNC(=O)[C@H](C)N(Cc1ccc(C)cc1)C(=O)CN(c1cccc(Cl)c1)S(=O)(=O)c1ccc(C)cc1. The van der Waals surface area contributed by atoms with Crippen LogP contribution in [-0.4, -0.2) is 44.3 Å². The molecule has 0 unspecified atom stereocenters. The lowest BCUT2D eigenvalue weighted by Crippen LogP contribution is -2.51. The van der Waals surface area contributed by atoms with E-state index in [-0.39, 0.29) is 23.0 Å². The van der Waals surface area contributed by atoms with Gasteiger partial charge in [0.2, 0.25) is 11.8 Å². The Morgan fingerprint density at radius 1 is 0.946 bits per heavy atom. The number of sulfonamides is 1. The summed E-state index contributed by atoms with van der Waals surface area (Å²) in [5.74, 6) is -0.839. The fourth-order valence-corrected chi connectivity index (χ4v) is 5.38. The van der Waals surface area contributed by atoms with Gasteiger partial charge in [-0.25, -0.2) is 8.42 Å². The standard InChI is InChI=1S/C28H32ClN3O4S/c1-5-30-28(34)22(4)31(18-23-13-9-20(2)10-14-23)27(33)19-32(25-8-6-7-24(29)17-25)37(35,36)26-15-11-21(3)12-16-26/h6-17,22H,5,18-19H2,1-4H3,(H,30,34)/t22-/m0/s1. The fraction of sp³-hybridized carbons (Fsp3) is 0.286. The molecule has 1 N–H and O–H groups in total. The van der Waals surface area contributed by atoms with Crippen LogP contribution in [0.15, 0.2) is 77.7 Å². The molecule has 3 aromatic carbocycles. The van der Waals surface area contributed by atoms with Gasteiger partial charge in [0.05, 0.1) is 10.6 Å². The zero-order valence-corrected chi connectivity index (χ0v) is 23.0. The van der Waals surface area contributed by atoms with Crippen LogP contribution >= 0.6 is 11.6 Å². The molecule has 0 saturated carbocycles. The third-order valence-electron chi connectivity index (χ3n) is 5.98. The van der Waals surface area contributed by atoms with Crippen LogP contribution in [0.3, 0.4) is 0 Å². The van der Waals surface area contributed by atoms with E-state index < -0.39 is 28.5 Å². The average Bonchev–Trinajstić information content (AvgIpc) is 2.86. The monoisotopic (exact) mass is 541 g/mol. The Morgan fingerprint density at radius 2 is 1.54 bits per heavy atom. The number of benzene rings is 3. The highest BCUT2D eigenvalue weighted by Crippen LogP contribution is 2.27. The van der Waals surface area contributed by atoms with E-state index >= 15 is 0 Å². The highest BCUT2D eigenvalue weighted by atomic mass is 35.5. The molecule has 0 radical (unpaired) electrons. The molecule has 3 rings (SSSR count). The van der Waals surface area contributed by atoms with Crippen molar-refractivity contribution in [3.8, 4) is 0 Å². The Hall–Kier alpha value is -3.36. The molecule has 1 atom stereocenters. The second-order valence-corrected chi connectivity index (χ2v) is 11.2. The summed E-state index contributed by atoms with van der Waals surface area (Å²) in [5.41, 5.74) is 3.05. The van der Waals surface area contributed by atoms with Crippen LogP contribution in [0.25, 0.3) is 0 Å². The summed E-state index contributed by atoms with van der Waals surface area (Å²) in [6.07, 6.45) is 0. The lowest BCUT2D eigenvalue weighted by molar-refractivity contribution is -0.139. The summed E-state index contributed by atoms with van der Waals surface area (Å²) >= 11 is 6.18. The Balaban J connectivity index is 2.02. The van der Waals surface area contributed by atoms with Crippen molar-refractivity contribution in [3.63, 3.8) is 0 Å². The van der Waals surface area contributed by atoms with E-state index in [0.717, 1.165) is 21.0 Å². The second kappa shape index (κ2) is 12.3. The van der Waals surface area contributed by atoms with E-state index in [0.29, 0.717) is 11.6 Å². The number of likely N-dealkylation sites (N-methyl/N-ethyl adjacent to an activating group) is 1. The first-order chi connectivity index (χ1) is 17.5. The first-order valence-corrected chi connectivity index (χ1v) is 13.8. The Morgan fingerprint density at radius 3 is 2.11 bits per heavy atom. The third-order valence-corrected chi connectivity index (χ3v) is 8.00. The molecule has 0 aromatic heterocycles. The van der Waals surface area contributed by atoms with Crippen LogP contribution in [0.5, 0.6) is 0 Å². The van der Waals surface area contributed by atoms with E-state index in [1.54, 1.807) is 44.2 Å². The van der Waals surface area contributed by atoms with Crippen LogP contribution in [-0.2, 0) is 26.2 Å². The summed E-state index contributed by atoms with van der Waals surface area (Å²) < 4.78 is 28.5. The number of aryl methyl sites for hydroxylation is 2. The van der Waals surface area contributed by atoms with E-state index in [4.69, 9.17) is 11.6 Å². The third kappa shape index (κ3) is 7.11. The molecule has 196 valence electrons. The molecule has 7 nitrogen and oxygen atoms in total. The van der Waals surface area contributed by atoms with E-state index in [9.17, 15) is 18.0 Å². The van der Waals surface area contributed by atoms with Crippen LogP contribution in [0.1, 0.15) is 30.5 Å². The number of carbonyl (C=O) groups excluding carboxylic acids is 2. The van der Waals surface area contributed by atoms with Gasteiger partial charge in [-0.3, -0.25) is 13.9 Å². The highest BCUT2D eigenvalue weighted by molar-refractivity contribution is 7.92. The topological polar surface area (TPSA) is 86.8 Å². The second-order valence-electron chi connectivity index (χ2n) is 8.88. The molecule has 0 bridgehead atoms. The molecule has 37 heavy (non-hydrogen) atoms. The van der Waals surface area contributed by atoms with Crippen LogP contribution in [0.4, 0.5) is 5.69 Å². The largest absolute Gasteiger partial charge is 0.355 e. The molecule has 0 aliphatic rings. The van der Waals surface area contributed by atoms with Crippen molar-refractivity contribution >= 4 is 39.1 Å². The number of anilines is 1. The van der Waals surface area contributed by atoms with Gasteiger partial charge in [-0.1, -0.05) is 65.2 Å². The first-order valence-electron chi connectivity index (χ1n) is 12.0. The van der Waals surface area contributed by atoms with E-state index in [2.05, 4.69) is 5.32 Å². The number of nitrogens with one attached hydrogen (secondary N) is 1. The van der Waals surface area contributed by atoms with Crippen molar-refractivity contribution in [2.24, 2.45) is 0 Å². The van der Waals surface area contributed by atoms with Crippen molar-refractivity contribution in [2.45, 2.75) is 45.2 Å². The van der Waals surface area contributed by atoms with Crippen molar-refractivity contribution in [1.29, 1.82) is 0 Å². The number of carbonyl (C=O) groups is 2. The minimum atomic E-state index is -4.12. The lowest BCUT2D eigenvalue weighted by Gasteiger charge is -2.32. The molecule has 0 heterocycles. The van der Waals surface area contributed by atoms with E-state index in [1.165, 1.54) is 23.1 Å². The van der Waals surface area contributed by atoms with Crippen molar-refractivity contribution < 1.29 is 18.0 Å². The van der Waals surface area contributed by atoms with Gasteiger partial charge in [0.15, 0.2) is 0 Å². The molecule has 0 fully saturated rings. The van der Waals surface area contributed by atoms with Gasteiger partial charge in [0, 0.05) is 18.1 Å². The summed E-state index contributed by atoms with van der Waals surface area (Å²) in [6.45, 7) is 7.30. The van der Waals surface area contributed by atoms with Crippen molar-refractivity contribution in [3.05, 3.63) is 94.5 Å². The van der Waals surface area contributed by atoms with Crippen LogP contribution in [0, 0.1) is 13.8 Å². The Kier molecular flexibility index (Phi) is 9.34. The minimum absolute atomic E-state index is 0.0488. The number of amides is 2. The number of nitrogens with zero attached hydrogens (tertiary/aromatic N) is 2. The van der Waals surface area contributed by atoms with Gasteiger partial charge in [-0.2, -0.15) is 0 Å². The summed E-state index contributed by atoms with van der Waals surface area (Å²) in [5, 5.41) is 3.08. The summed E-state index contributed by atoms with van der Waals surface area (Å²) in [6, 6.07) is 19.6. The van der Waals surface area contributed by atoms with Gasteiger partial charge in [-0.05, 0) is 63.6 Å². The highest BCUT2D eigenvalue weighted by Gasteiger charge is 2.32. The quantitative estimate of drug-likeness (QED) is 0.403. The molecule has 0 aliphatic heterocycles. The Labute approximate surface area is 224 Å². The number of hydrogen-bond donors (Lipinski definition) is 1.